The van der Waals surface area contributed by atoms with Crippen LogP contribution in [-0.2, 0) is 0 Å². The zero-order valence-corrected chi connectivity index (χ0v) is 16.9. The van der Waals surface area contributed by atoms with E-state index in [1.54, 1.807) is 18.3 Å². The first-order chi connectivity index (χ1) is 14.5. The summed E-state index contributed by atoms with van der Waals surface area (Å²) in [5.41, 5.74) is 3.63. The third-order valence-corrected chi connectivity index (χ3v) is 6.05. The molecule has 154 valence electrons. The van der Waals surface area contributed by atoms with E-state index >= 15 is 0 Å². The first-order valence-electron chi connectivity index (χ1n) is 10.1. The maximum Gasteiger partial charge on any atom is 0.270 e. The van der Waals surface area contributed by atoms with Gasteiger partial charge >= 0.3 is 0 Å². The topological polar surface area (TPSA) is 77.6 Å². The fourth-order valence-electron chi connectivity index (χ4n) is 4.98. The molecule has 4 fully saturated rings. The van der Waals surface area contributed by atoms with E-state index in [2.05, 4.69) is 24.9 Å². The molecule has 2 aromatic carbocycles. The normalized spacial score (nSPS) is 30.2. The Morgan fingerprint density at radius 1 is 1.03 bits per heavy atom. The van der Waals surface area contributed by atoms with E-state index in [9.17, 15) is 10.1 Å². The van der Waals surface area contributed by atoms with Gasteiger partial charge in [0.05, 0.1) is 42.3 Å². The molecule has 0 spiro atoms. The quantitative estimate of drug-likeness (QED) is 0.435. The van der Waals surface area contributed by atoms with Gasteiger partial charge in [-0.1, -0.05) is 42.0 Å². The van der Waals surface area contributed by atoms with Gasteiger partial charge in [0, 0.05) is 37.3 Å². The minimum Gasteiger partial charge on any atom is -0.276 e. The molecule has 0 saturated carbocycles. The highest BCUT2D eigenvalue weighted by Crippen LogP contribution is 2.39. The molecule has 4 bridgehead atoms. The predicted molar refractivity (Wildman–Crippen MR) is 116 cm³/mol. The van der Waals surface area contributed by atoms with Crippen molar-refractivity contribution in [2.45, 2.75) is 6.92 Å². The number of hydrogen-bond acceptors (Lipinski definition) is 7. The van der Waals surface area contributed by atoms with Gasteiger partial charge in [0.25, 0.3) is 5.69 Å². The molecule has 4 aliphatic rings. The largest absolute Gasteiger partial charge is 0.276 e. The molecule has 8 nitrogen and oxygen atoms in total. The smallest absolute Gasteiger partial charge is 0.270 e. The molecule has 8 heteroatoms. The van der Waals surface area contributed by atoms with Crippen LogP contribution < -0.4 is 0 Å². The van der Waals surface area contributed by atoms with Crippen LogP contribution in [0.2, 0.25) is 0 Å². The van der Waals surface area contributed by atoms with Crippen molar-refractivity contribution >= 4 is 17.6 Å². The van der Waals surface area contributed by atoms with Crippen LogP contribution in [0.5, 0.6) is 0 Å². The second-order valence-corrected chi connectivity index (χ2v) is 8.60. The van der Waals surface area contributed by atoms with Crippen molar-refractivity contribution in [3.05, 3.63) is 75.3 Å². The lowest BCUT2D eigenvalue weighted by Crippen LogP contribution is -2.74. The molecule has 4 heterocycles. The number of nitro benzene ring substituents is 1. The molecule has 0 unspecified atom stereocenters. The van der Waals surface area contributed by atoms with Gasteiger partial charge in [-0.05, 0) is 12.5 Å². The van der Waals surface area contributed by atoms with Gasteiger partial charge in [-0.25, -0.2) is 0 Å². The van der Waals surface area contributed by atoms with Gasteiger partial charge < -0.3 is 0 Å². The van der Waals surface area contributed by atoms with Gasteiger partial charge in [-0.15, -0.1) is 0 Å². The number of benzene rings is 2. The molecule has 4 aliphatic heterocycles. The lowest BCUT2D eigenvalue weighted by Gasteiger charge is -2.60. The van der Waals surface area contributed by atoms with Crippen LogP contribution in [0.4, 0.5) is 5.69 Å². The van der Waals surface area contributed by atoms with E-state index in [4.69, 9.17) is 0 Å². The van der Waals surface area contributed by atoms with Crippen LogP contribution >= 0.6 is 0 Å². The third-order valence-electron chi connectivity index (χ3n) is 6.05. The van der Waals surface area contributed by atoms with Gasteiger partial charge in [-0.3, -0.25) is 24.8 Å². The lowest BCUT2D eigenvalue weighted by atomic mass is 9.74. The highest BCUT2D eigenvalue weighted by Gasteiger charge is 2.52. The number of nitro groups is 1. The Morgan fingerprint density at radius 2 is 1.67 bits per heavy atom. The fraction of sp³-hybridized carbons (Fsp3) is 0.364. The number of hydrogen-bond donors (Lipinski definition) is 0. The summed E-state index contributed by atoms with van der Waals surface area (Å²) >= 11 is 0. The van der Waals surface area contributed by atoms with Crippen LogP contribution in [0.15, 0.2) is 58.7 Å². The van der Waals surface area contributed by atoms with E-state index in [-0.39, 0.29) is 16.0 Å². The predicted octanol–water partition coefficient (Wildman–Crippen LogP) is 2.53. The summed E-state index contributed by atoms with van der Waals surface area (Å²) in [5, 5.41) is 20.5. The first kappa shape index (κ1) is 19.0. The molecule has 30 heavy (non-hydrogen) atoms. The van der Waals surface area contributed by atoms with Crippen molar-refractivity contribution in [1.82, 2.24) is 14.7 Å². The molecule has 0 aromatic heterocycles. The standard InChI is InChI=1S/C22H24N6O2/c1-17-5-7-18(8-6-17)10-23-24-21(19-3-2-4-20(9-19)28(29)30)22-11-25-14-26(12-22)16-27(13-22)15-25/h2-10H,11-16H2,1H3. The van der Waals surface area contributed by atoms with Crippen molar-refractivity contribution in [1.29, 1.82) is 0 Å². The Hall–Kier alpha value is -2.94. The van der Waals surface area contributed by atoms with Crippen LogP contribution in [0, 0.1) is 22.5 Å². The molecule has 6 rings (SSSR count). The second-order valence-electron chi connectivity index (χ2n) is 8.60. The van der Waals surface area contributed by atoms with Gasteiger partial charge in [-0.2, -0.15) is 10.2 Å². The maximum atomic E-state index is 11.4. The molecular formula is C22H24N6O2. The van der Waals surface area contributed by atoms with Gasteiger partial charge in [0.1, 0.15) is 0 Å². The molecule has 0 radical (unpaired) electrons. The monoisotopic (exact) mass is 404 g/mol. The Labute approximate surface area is 175 Å². The average molecular weight is 404 g/mol. The number of rotatable bonds is 5. The molecule has 4 saturated heterocycles. The number of aryl methyl sites for hydroxylation is 1. The fourth-order valence-corrected chi connectivity index (χ4v) is 4.98. The van der Waals surface area contributed by atoms with Crippen molar-refractivity contribution < 1.29 is 4.92 Å². The summed E-state index contributed by atoms with van der Waals surface area (Å²) < 4.78 is 0. The summed E-state index contributed by atoms with van der Waals surface area (Å²) in [4.78, 5) is 18.2. The van der Waals surface area contributed by atoms with Crippen LogP contribution in [-0.4, -0.2) is 71.2 Å². The highest BCUT2D eigenvalue weighted by atomic mass is 16.6. The second kappa shape index (κ2) is 7.39. The van der Waals surface area contributed by atoms with E-state index in [1.807, 2.05) is 37.3 Å². The van der Waals surface area contributed by atoms with Gasteiger partial charge in [0.2, 0.25) is 0 Å². The summed E-state index contributed by atoms with van der Waals surface area (Å²) in [6.07, 6.45) is 1.75. The Bertz CT molecular complexity index is 995. The minimum atomic E-state index is -0.354. The van der Waals surface area contributed by atoms with Crippen molar-refractivity contribution in [3.63, 3.8) is 0 Å². The van der Waals surface area contributed by atoms with Crippen molar-refractivity contribution in [2.24, 2.45) is 15.6 Å². The minimum absolute atomic E-state index is 0.0772. The molecule has 0 atom stereocenters. The van der Waals surface area contributed by atoms with Crippen LogP contribution in [0.25, 0.3) is 0 Å². The average Bonchev–Trinajstić information content (AvgIpc) is 2.71. The van der Waals surface area contributed by atoms with Gasteiger partial charge in [0.15, 0.2) is 0 Å². The molecule has 2 aromatic rings. The Kier molecular flexibility index (Phi) is 4.69. The van der Waals surface area contributed by atoms with Crippen LogP contribution in [0.1, 0.15) is 16.7 Å². The van der Waals surface area contributed by atoms with Crippen molar-refractivity contribution in [2.75, 3.05) is 39.6 Å². The van der Waals surface area contributed by atoms with E-state index in [0.717, 1.165) is 56.5 Å². The Balaban J connectivity index is 1.55. The van der Waals surface area contributed by atoms with E-state index < -0.39 is 0 Å². The van der Waals surface area contributed by atoms with Crippen molar-refractivity contribution in [3.8, 4) is 0 Å². The molecule has 0 aliphatic carbocycles. The summed E-state index contributed by atoms with van der Waals surface area (Å²) in [7, 11) is 0. The first-order valence-corrected chi connectivity index (χ1v) is 10.1. The van der Waals surface area contributed by atoms with E-state index in [1.165, 1.54) is 11.6 Å². The van der Waals surface area contributed by atoms with E-state index in [0.29, 0.717) is 0 Å². The summed E-state index contributed by atoms with van der Waals surface area (Å²) in [6, 6.07) is 14.9. The molecule has 0 amide bonds. The number of non-ortho nitro benzene ring substituents is 1. The SMILES string of the molecule is Cc1ccc(C=NN=C(c2cccc([N+](=O)[O-])c2)C23CN4CN(CN(C4)C2)C3)cc1. The maximum absolute atomic E-state index is 11.4. The lowest BCUT2D eigenvalue weighted by molar-refractivity contribution is -0.384. The summed E-state index contributed by atoms with van der Waals surface area (Å²) in [5.74, 6) is 0. The summed E-state index contributed by atoms with van der Waals surface area (Å²) in [6.45, 7) is 7.62. The number of nitrogens with zero attached hydrogens (tertiary/aromatic N) is 6. The highest BCUT2D eigenvalue weighted by molar-refractivity contribution is 6.06. The zero-order valence-electron chi connectivity index (χ0n) is 16.9. The van der Waals surface area contributed by atoms with Crippen LogP contribution in [0.3, 0.4) is 0 Å². The third kappa shape index (κ3) is 3.54. The molecular weight excluding hydrogens is 380 g/mol. The Morgan fingerprint density at radius 3 is 2.27 bits per heavy atom. The zero-order chi connectivity index (χ0) is 20.7. The molecule has 0 N–H and O–H groups in total.